The zero-order chi connectivity index (χ0) is 21.3. The van der Waals surface area contributed by atoms with Crippen molar-refractivity contribution in [1.29, 1.82) is 0 Å². The van der Waals surface area contributed by atoms with E-state index in [0.29, 0.717) is 29.1 Å². The number of rotatable bonds is 4. The Labute approximate surface area is 182 Å². The average Bonchev–Trinajstić information content (AvgIpc) is 3.19. The zero-order valence-electron chi connectivity index (χ0n) is 15.6. The number of aliphatic carboxylic acids is 1. The molecular formula is C21H16Cl2N4O3. The van der Waals surface area contributed by atoms with Gasteiger partial charge in [0.2, 0.25) is 0 Å². The summed E-state index contributed by atoms with van der Waals surface area (Å²) in [5, 5.41) is 10.1. The summed E-state index contributed by atoms with van der Waals surface area (Å²) in [7, 11) is 0. The molecule has 3 aromatic rings. The number of carboxylic acid groups (broad SMARTS) is 1. The number of carbonyl (C=O) groups is 2. The lowest BCUT2D eigenvalue weighted by atomic mass is 10.0. The summed E-state index contributed by atoms with van der Waals surface area (Å²) in [4.78, 5) is 39.1. The minimum absolute atomic E-state index is 0.0292. The highest BCUT2D eigenvalue weighted by atomic mass is 35.5. The van der Waals surface area contributed by atoms with Crippen molar-refractivity contribution in [3.63, 3.8) is 0 Å². The van der Waals surface area contributed by atoms with Crippen molar-refractivity contribution in [2.75, 3.05) is 0 Å². The lowest BCUT2D eigenvalue weighted by Crippen LogP contribution is -2.42. The van der Waals surface area contributed by atoms with E-state index in [1.54, 1.807) is 48.7 Å². The Morgan fingerprint density at radius 3 is 2.47 bits per heavy atom. The van der Waals surface area contributed by atoms with E-state index in [0.717, 1.165) is 0 Å². The molecule has 0 aliphatic carbocycles. The van der Waals surface area contributed by atoms with Gasteiger partial charge in [-0.3, -0.25) is 9.78 Å². The zero-order valence-corrected chi connectivity index (χ0v) is 17.1. The van der Waals surface area contributed by atoms with Crippen LogP contribution >= 0.6 is 23.2 Å². The van der Waals surface area contributed by atoms with Crippen molar-refractivity contribution in [2.45, 2.75) is 24.9 Å². The van der Waals surface area contributed by atoms with Crippen molar-refractivity contribution < 1.29 is 14.7 Å². The summed E-state index contributed by atoms with van der Waals surface area (Å²) in [5.41, 5.74) is 1.23. The molecule has 2 aromatic heterocycles. The summed E-state index contributed by atoms with van der Waals surface area (Å²) in [5.74, 6) is -1.36. The molecule has 0 bridgehead atoms. The van der Waals surface area contributed by atoms with Gasteiger partial charge < -0.3 is 10.0 Å². The van der Waals surface area contributed by atoms with Gasteiger partial charge >= 0.3 is 5.97 Å². The molecule has 1 aliphatic heterocycles. The Morgan fingerprint density at radius 2 is 1.80 bits per heavy atom. The molecule has 1 N–H and O–H groups in total. The van der Waals surface area contributed by atoms with Crippen LogP contribution in [0.3, 0.4) is 0 Å². The Balaban J connectivity index is 1.72. The molecule has 1 fully saturated rings. The number of carbonyl (C=O) groups excluding carboxylic acids is 1. The lowest BCUT2D eigenvalue weighted by molar-refractivity contribution is -0.141. The van der Waals surface area contributed by atoms with Gasteiger partial charge in [-0.15, -0.1) is 0 Å². The SMILES string of the molecule is O=C(O)C1CCC(c2ccccc2Cl)N1C(=O)c1cnc(-c2ccccn2)nc1Cl. The molecule has 4 rings (SSSR count). The van der Waals surface area contributed by atoms with Crippen LogP contribution in [0.15, 0.2) is 54.9 Å². The number of halogens is 2. The van der Waals surface area contributed by atoms with E-state index in [9.17, 15) is 14.7 Å². The number of benzene rings is 1. The highest BCUT2D eigenvalue weighted by Gasteiger charge is 2.43. The first-order chi connectivity index (χ1) is 14.5. The van der Waals surface area contributed by atoms with Gasteiger partial charge in [0.15, 0.2) is 5.82 Å². The second-order valence-electron chi connectivity index (χ2n) is 6.79. The van der Waals surface area contributed by atoms with Crippen molar-refractivity contribution >= 4 is 35.1 Å². The van der Waals surface area contributed by atoms with Gasteiger partial charge in [-0.2, -0.15) is 0 Å². The number of likely N-dealkylation sites (tertiary alicyclic amines) is 1. The number of hydrogen-bond donors (Lipinski definition) is 1. The molecule has 2 atom stereocenters. The largest absolute Gasteiger partial charge is 0.480 e. The molecule has 1 amide bonds. The van der Waals surface area contributed by atoms with Crippen LogP contribution < -0.4 is 0 Å². The molecule has 0 spiro atoms. The molecule has 0 saturated carbocycles. The first-order valence-corrected chi connectivity index (χ1v) is 9.97. The normalized spacial score (nSPS) is 18.4. The van der Waals surface area contributed by atoms with E-state index in [1.165, 1.54) is 11.1 Å². The molecule has 1 saturated heterocycles. The molecule has 3 heterocycles. The number of hydrogen-bond acceptors (Lipinski definition) is 5. The van der Waals surface area contributed by atoms with Gasteiger partial charge in [-0.1, -0.05) is 47.5 Å². The molecule has 2 unspecified atom stereocenters. The molecule has 1 aliphatic rings. The van der Waals surface area contributed by atoms with Crippen LogP contribution in [0.2, 0.25) is 10.2 Å². The molecule has 1 aromatic carbocycles. The van der Waals surface area contributed by atoms with E-state index in [-0.39, 0.29) is 16.5 Å². The third-order valence-electron chi connectivity index (χ3n) is 5.04. The fourth-order valence-corrected chi connectivity index (χ4v) is 4.12. The van der Waals surface area contributed by atoms with Crippen LogP contribution in [0, 0.1) is 0 Å². The van der Waals surface area contributed by atoms with Crippen molar-refractivity contribution in [3.8, 4) is 11.5 Å². The van der Waals surface area contributed by atoms with Gasteiger partial charge in [-0.25, -0.2) is 14.8 Å². The molecule has 9 heteroatoms. The average molecular weight is 443 g/mol. The first-order valence-electron chi connectivity index (χ1n) is 9.21. The van der Waals surface area contributed by atoms with Gasteiger partial charge in [0.1, 0.15) is 16.9 Å². The van der Waals surface area contributed by atoms with Crippen LogP contribution in [-0.2, 0) is 4.79 Å². The maximum atomic E-state index is 13.4. The number of carboxylic acids is 1. The topological polar surface area (TPSA) is 96.3 Å². The van der Waals surface area contributed by atoms with Crippen LogP contribution in [-0.4, -0.2) is 42.9 Å². The summed E-state index contributed by atoms with van der Waals surface area (Å²) in [6.07, 6.45) is 3.68. The highest BCUT2D eigenvalue weighted by Crippen LogP contribution is 2.40. The van der Waals surface area contributed by atoms with Crippen molar-refractivity contribution in [1.82, 2.24) is 19.9 Å². The number of nitrogens with zero attached hydrogens (tertiary/aromatic N) is 4. The quantitative estimate of drug-likeness (QED) is 0.605. The fraction of sp³-hybridized carbons (Fsp3) is 0.190. The summed E-state index contributed by atoms with van der Waals surface area (Å²) < 4.78 is 0. The van der Waals surface area contributed by atoms with E-state index in [1.807, 2.05) is 0 Å². The van der Waals surface area contributed by atoms with Crippen molar-refractivity contribution in [3.05, 3.63) is 76.2 Å². The minimum Gasteiger partial charge on any atom is -0.480 e. The standard InChI is InChI=1S/C21H16Cl2N4O3/c22-14-6-2-1-5-12(14)16-8-9-17(21(29)30)27(16)20(28)13-11-25-19(26-18(13)23)15-7-3-4-10-24-15/h1-7,10-11,16-17H,8-9H2,(H,29,30). The second kappa shape index (κ2) is 8.38. The molecule has 152 valence electrons. The smallest absolute Gasteiger partial charge is 0.326 e. The van der Waals surface area contributed by atoms with Crippen LogP contribution in [0.5, 0.6) is 0 Å². The number of pyridine rings is 1. The summed E-state index contributed by atoms with van der Waals surface area (Å²) in [6, 6.07) is 10.9. The summed E-state index contributed by atoms with van der Waals surface area (Å²) >= 11 is 12.6. The third kappa shape index (κ3) is 3.74. The van der Waals surface area contributed by atoms with Crippen LogP contribution in [0.25, 0.3) is 11.5 Å². The Bertz CT molecular complexity index is 1110. The van der Waals surface area contributed by atoms with Crippen molar-refractivity contribution in [2.24, 2.45) is 0 Å². The molecule has 7 nitrogen and oxygen atoms in total. The predicted octanol–water partition coefficient (Wildman–Crippen LogP) is 4.28. The monoisotopic (exact) mass is 442 g/mol. The lowest BCUT2D eigenvalue weighted by Gasteiger charge is -2.29. The Hall–Kier alpha value is -3.03. The maximum absolute atomic E-state index is 13.4. The van der Waals surface area contributed by atoms with Crippen LogP contribution in [0.4, 0.5) is 0 Å². The highest BCUT2D eigenvalue weighted by molar-refractivity contribution is 6.33. The number of amides is 1. The van der Waals surface area contributed by atoms with E-state index in [2.05, 4.69) is 15.0 Å². The number of aromatic nitrogens is 3. The van der Waals surface area contributed by atoms with Gasteiger partial charge in [-0.05, 0) is 36.6 Å². The molecule has 30 heavy (non-hydrogen) atoms. The summed E-state index contributed by atoms with van der Waals surface area (Å²) in [6.45, 7) is 0. The van der Waals surface area contributed by atoms with Gasteiger partial charge in [0.05, 0.1) is 11.6 Å². The van der Waals surface area contributed by atoms with Crippen LogP contribution in [0.1, 0.15) is 34.8 Å². The van der Waals surface area contributed by atoms with Gasteiger partial charge in [0, 0.05) is 17.4 Å². The Kier molecular flexibility index (Phi) is 5.65. The fourth-order valence-electron chi connectivity index (χ4n) is 3.65. The Morgan fingerprint density at radius 1 is 1.03 bits per heavy atom. The van der Waals surface area contributed by atoms with E-state index >= 15 is 0 Å². The van der Waals surface area contributed by atoms with Gasteiger partial charge in [0.25, 0.3) is 5.91 Å². The molecular weight excluding hydrogens is 427 g/mol. The molecule has 0 radical (unpaired) electrons. The minimum atomic E-state index is -1.08. The predicted molar refractivity (Wildman–Crippen MR) is 111 cm³/mol. The maximum Gasteiger partial charge on any atom is 0.326 e. The third-order valence-corrected chi connectivity index (χ3v) is 5.67. The van der Waals surface area contributed by atoms with E-state index in [4.69, 9.17) is 23.2 Å². The second-order valence-corrected chi connectivity index (χ2v) is 7.56. The first kappa shape index (κ1) is 20.3. The van der Waals surface area contributed by atoms with E-state index < -0.39 is 24.0 Å².